The largest absolute Gasteiger partial charge is 0.348 e. The molecule has 26 heavy (non-hydrogen) atoms. The number of rotatable bonds is 3. The Morgan fingerprint density at radius 2 is 1.96 bits per heavy atom. The molecule has 1 aliphatic heterocycles. The molecule has 0 saturated heterocycles. The first-order valence-corrected chi connectivity index (χ1v) is 10.9. The molecule has 2 atom stereocenters. The summed E-state index contributed by atoms with van der Waals surface area (Å²) in [6.07, 6.45) is 3.26. The highest BCUT2D eigenvalue weighted by Gasteiger charge is 2.25. The number of carbonyl (C=O) groups is 1. The number of hydrogen-bond acceptors (Lipinski definition) is 4. The van der Waals surface area contributed by atoms with Crippen molar-refractivity contribution in [3.63, 3.8) is 0 Å². The van der Waals surface area contributed by atoms with Gasteiger partial charge in [-0.15, -0.1) is 0 Å². The van der Waals surface area contributed by atoms with Gasteiger partial charge in [0.2, 0.25) is 5.91 Å². The molecule has 2 aromatic carbocycles. The van der Waals surface area contributed by atoms with Crippen LogP contribution in [0.4, 0.5) is 5.69 Å². The van der Waals surface area contributed by atoms with E-state index in [9.17, 15) is 4.79 Å². The second-order valence-corrected chi connectivity index (χ2v) is 9.26. The van der Waals surface area contributed by atoms with Gasteiger partial charge in [0.25, 0.3) is 0 Å². The average molecular weight is 383 g/mol. The third-order valence-corrected chi connectivity index (χ3v) is 7.18. The molecular weight excluding hydrogens is 360 g/mol. The molecule has 0 aromatic heterocycles. The molecule has 2 aliphatic rings. The highest BCUT2D eigenvalue weighted by molar-refractivity contribution is 8.39. The summed E-state index contributed by atoms with van der Waals surface area (Å²) in [6.45, 7) is 1.97. The van der Waals surface area contributed by atoms with E-state index in [0.29, 0.717) is 0 Å². The van der Waals surface area contributed by atoms with Gasteiger partial charge in [-0.25, -0.2) is 4.99 Å². The SMILES string of the molecule is C[C@H](SC1=Nc2ccccc2CS1)C(=O)N[C@@H]1CCCc2ccccc21. The first-order chi connectivity index (χ1) is 12.7. The zero-order chi connectivity index (χ0) is 17.9. The van der Waals surface area contributed by atoms with Gasteiger partial charge in [0, 0.05) is 5.75 Å². The number of nitrogens with zero attached hydrogens (tertiary/aromatic N) is 1. The van der Waals surface area contributed by atoms with Gasteiger partial charge in [-0.1, -0.05) is 66.0 Å². The van der Waals surface area contributed by atoms with Crippen LogP contribution >= 0.6 is 23.5 Å². The highest BCUT2D eigenvalue weighted by atomic mass is 32.2. The lowest BCUT2D eigenvalue weighted by molar-refractivity contribution is -0.121. The lowest BCUT2D eigenvalue weighted by Crippen LogP contribution is -2.36. The van der Waals surface area contributed by atoms with Crippen molar-refractivity contribution in [1.29, 1.82) is 0 Å². The summed E-state index contributed by atoms with van der Waals surface area (Å²) in [5.41, 5.74) is 4.94. The van der Waals surface area contributed by atoms with E-state index in [0.717, 1.165) is 35.1 Å². The Bertz CT molecular complexity index is 849. The standard InChI is InChI=1S/C21H22N2OS2/c1-14(26-21-23-18-11-5-3-8-16(18)13-25-21)20(24)22-19-12-6-9-15-7-2-4-10-17(15)19/h2-5,7-8,10-11,14,19H,6,9,12-13H2,1H3,(H,22,24)/t14-,19+/m0/s1. The summed E-state index contributed by atoms with van der Waals surface area (Å²) in [6, 6.07) is 16.8. The Kier molecular flexibility index (Phi) is 5.36. The lowest BCUT2D eigenvalue weighted by Gasteiger charge is -2.27. The van der Waals surface area contributed by atoms with E-state index in [1.807, 2.05) is 25.1 Å². The normalized spacial score (nSPS) is 19.7. The fourth-order valence-electron chi connectivity index (χ4n) is 3.47. The van der Waals surface area contributed by atoms with E-state index >= 15 is 0 Å². The third kappa shape index (κ3) is 3.84. The molecule has 3 nitrogen and oxygen atoms in total. The van der Waals surface area contributed by atoms with Crippen molar-refractivity contribution in [2.75, 3.05) is 0 Å². The minimum absolute atomic E-state index is 0.0962. The molecule has 1 heterocycles. The minimum Gasteiger partial charge on any atom is -0.348 e. The molecule has 2 aromatic rings. The Morgan fingerprint density at radius 1 is 1.19 bits per heavy atom. The monoisotopic (exact) mass is 382 g/mol. The van der Waals surface area contributed by atoms with Crippen molar-refractivity contribution in [3.05, 3.63) is 65.2 Å². The maximum atomic E-state index is 12.7. The van der Waals surface area contributed by atoms with Gasteiger partial charge >= 0.3 is 0 Å². The molecule has 0 saturated carbocycles. The number of para-hydroxylation sites is 1. The zero-order valence-corrected chi connectivity index (χ0v) is 16.4. The smallest absolute Gasteiger partial charge is 0.233 e. The lowest BCUT2D eigenvalue weighted by atomic mass is 9.88. The predicted octanol–water partition coefficient (Wildman–Crippen LogP) is 5.24. The van der Waals surface area contributed by atoms with Crippen LogP contribution in [-0.2, 0) is 17.0 Å². The van der Waals surface area contributed by atoms with Crippen LogP contribution in [0.25, 0.3) is 0 Å². The topological polar surface area (TPSA) is 41.5 Å². The molecular formula is C21H22N2OS2. The first kappa shape index (κ1) is 17.7. The summed E-state index contributed by atoms with van der Waals surface area (Å²) in [5.74, 6) is 1.02. The Morgan fingerprint density at radius 3 is 2.85 bits per heavy atom. The number of amides is 1. The predicted molar refractivity (Wildman–Crippen MR) is 112 cm³/mol. The summed E-state index contributed by atoms with van der Waals surface area (Å²) >= 11 is 3.28. The third-order valence-electron chi connectivity index (χ3n) is 4.89. The average Bonchev–Trinajstić information content (AvgIpc) is 2.68. The van der Waals surface area contributed by atoms with Crippen LogP contribution < -0.4 is 5.32 Å². The molecule has 0 radical (unpaired) electrons. The van der Waals surface area contributed by atoms with Crippen LogP contribution in [-0.4, -0.2) is 15.5 Å². The number of nitrogens with one attached hydrogen (secondary N) is 1. The molecule has 4 rings (SSSR count). The van der Waals surface area contributed by atoms with Crippen molar-refractivity contribution < 1.29 is 4.79 Å². The number of hydrogen-bond donors (Lipinski definition) is 1. The van der Waals surface area contributed by atoms with Gasteiger partial charge in [-0.2, -0.15) is 0 Å². The van der Waals surface area contributed by atoms with E-state index in [2.05, 4.69) is 35.6 Å². The van der Waals surface area contributed by atoms with Crippen LogP contribution in [0.2, 0.25) is 0 Å². The summed E-state index contributed by atoms with van der Waals surface area (Å²) < 4.78 is 0.982. The molecule has 0 spiro atoms. The van der Waals surface area contributed by atoms with Gasteiger partial charge < -0.3 is 5.32 Å². The fraction of sp³-hybridized carbons (Fsp3) is 0.333. The zero-order valence-electron chi connectivity index (χ0n) is 14.8. The van der Waals surface area contributed by atoms with Gasteiger partial charge in [0.05, 0.1) is 17.0 Å². The number of fused-ring (bicyclic) bond motifs is 2. The van der Waals surface area contributed by atoms with Crippen LogP contribution in [0.5, 0.6) is 0 Å². The van der Waals surface area contributed by atoms with Gasteiger partial charge in [0.15, 0.2) is 0 Å². The van der Waals surface area contributed by atoms with Crippen molar-refractivity contribution in [2.45, 2.75) is 43.2 Å². The summed E-state index contributed by atoms with van der Waals surface area (Å²) in [4.78, 5) is 17.5. The van der Waals surface area contributed by atoms with E-state index < -0.39 is 0 Å². The first-order valence-electron chi connectivity index (χ1n) is 9.05. The number of benzene rings is 2. The molecule has 0 bridgehead atoms. The maximum Gasteiger partial charge on any atom is 0.233 e. The van der Waals surface area contributed by atoms with Gasteiger partial charge in [-0.05, 0) is 48.9 Å². The van der Waals surface area contributed by atoms with Crippen LogP contribution in [0.1, 0.15) is 42.5 Å². The van der Waals surface area contributed by atoms with Crippen molar-refractivity contribution >= 4 is 39.5 Å². The van der Waals surface area contributed by atoms with E-state index in [1.54, 1.807) is 23.5 Å². The molecule has 0 unspecified atom stereocenters. The second kappa shape index (κ2) is 7.89. The van der Waals surface area contributed by atoms with Crippen molar-refractivity contribution in [1.82, 2.24) is 5.32 Å². The molecule has 0 fully saturated rings. The Balaban J connectivity index is 1.41. The number of aliphatic imine (C=N–C) groups is 1. The number of carbonyl (C=O) groups excluding carboxylic acids is 1. The molecule has 5 heteroatoms. The van der Waals surface area contributed by atoms with Gasteiger partial charge in [0.1, 0.15) is 4.38 Å². The molecule has 1 aliphatic carbocycles. The molecule has 134 valence electrons. The minimum atomic E-state index is -0.152. The maximum absolute atomic E-state index is 12.7. The summed E-state index contributed by atoms with van der Waals surface area (Å²) in [5, 5.41) is 3.11. The van der Waals surface area contributed by atoms with E-state index in [-0.39, 0.29) is 17.2 Å². The fourth-order valence-corrected chi connectivity index (χ4v) is 5.67. The van der Waals surface area contributed by atoms with Crippen LogP contribution in [0.3, 0.4) is 0 Å². The van der Waals surface area contributed by atoms with Crippen LogP contribution in [0, 0.1) is 0 Å². The molecule has 1 amide bonds. The summed E-state index contributed by atoms with van der Waals surface area (Å²) in [7, 11) is 0. The number of aryl methyl sites for hydroxylation is 1. The van der Waals surface area contributed by atoms with Crippen LogP contribution in [0.15, 0.2) is 53.5 Å². The second-order valence-electron chi connectivity index (χ2n) is 6.71. The van der Waals surface area contributed by atoms with Gasteiger partial charge in [-0.3, -0.25) is 4.79 Å². The molecule has 1 N–H and O–H groups in total. The quantitative estimate of drug-likeness (QED) is 0.790. The number of thioether (sulfide) groups is 2. The van der Waals surface area contributed by atoms with E-state index in [1.165, 1.54) is 16.7 Å². The highest BCUT2D eigenvalue weighted by Crippen LogP contribution is 2.36. The van der Waals surface area contributed by atoms with Crippen molar-refractivity contribution in [2.24, 2.45) is 4.99 Å². The Labute approximate surface area is 163 Å². The van der Waals surface area contributed by atoms with Crippen molar-refractivity contribution in [3.8, 4) is 0 Å². The van der Waals surface area contributed by atoms with E-state index in [4.69, 9.17) is 4.99 Å². The Hall–Kier alpha value is -1.72.